The second-order valence-corrected chi connectivity index (χ2v) is 10.1. The van der Waals surface area contributed by atoms with Crippen molar-refractivity contribution < 1.29 is 9.66 Å². The fourth-order valence-corrected chi connectivity index (χ4v) is 4.42. The van der Waals surface area contributed by atoms with E-state index in [4.69, 9.17) is 4.74 Å². The van der Waals surface area contributed by atoms with Gasteiger partial charge in [-0.05, 0) is 82.2 Å². The van der Waals surface area contributed by atoms with Gasteiger partial charge in [0.05, 0.1) is 25.6 Å². The van der Waals surface area contributed by atoms with E-state index in [-0.39, 0.29) is 23.8 Å². The molecule has 4 rings (SSSR count). The predicted octanol–water partition coefficient (Wildman–Crippen LogP) is 6.26. The quantitative estimate of drug-likeness (QED) is 0.102. The highest BCUT2D eigenvalue weighted by molar-refractivity contribution is 14.1. The molecule has 35 heavy (non-hydrogen) atoms. The molecule has 1 aromatic heterocycles. The average molecular weight is 647 g/mol. The van der Waals surface area contributed by atoms with Gasteiger partial charge in [0, 0.05) is 22.5 Å². The van der Waals surface area contributed by atoms with E-state index in [0.717, 1.165) is 19.2 Å². The SMILES string of the molecule is CC(C)c1nc2ccc(Br)cc2c(=O)n1N=Cc1ccc(OCc2ccc([N+](=O)[O-])cc2)c(I)c1. The molecule has 3 aromatic carbocycles. The fourth-order valence-electron chi connectivity index (χ4n) is 3.37. The summed E-state index contributed by atoms with van der Waals surface area (Å²) >= 11 is 5.59. The van der Waals surface area contributed by atoms with Crippen LogP contribution in [0.5, 0.6) is 5.75 Å². The molecule has 10 heteroatoms. The molecule has 0 radical (unpaired) electrons. The number of hydrogen-bond acceptors (Lipinski definition) is 6. The number of non-ortho nitro benzene ring substituents is 1. The molecule has 0 saturated heterocycles. The van der Waals surface area contributed by atoms with Crippen LogP contribution in [0.1, 0.15) is 36.7 Å². The Balaban J connectivity index is 1.56. The summed E-state index contributed by atoms with van der Waals surface area (Å²) in [5.74, 6) is 1.26. The van der Waals surface area contributed by atoms with Crippen LogP contribution >= 0.6 is 38.5 Å². The number of nitro benzene ring substituents is 1. The zero-order chi connectivity index (χ0) is 25.1. The van der Waals surface area contributed by atoms with E-state index < -0.39 is 4.92 Å². The summed E-state index contributed by atoms with van der Waals surface area (Å²) in [7, 11) is 0. The first kappa shape index (κ1) is 25.0. The fraction of sp³-hybridized carbons (Fsp3) is 0.160. The minimum absolute atomic E-state index is 0.00299. The van der Waals surface area contributed by atoms with Crippen molar-refractivity contribution in [2.45, 2.75) is 26.4 Å². The van der Waals surface area contributed by atoms with Crippen LogP contribution in [0.25, 0.3) is 10.9 Å². The van der Waals surface area contributed by atoms with E-state index in [0.29, 0.717) is 22.5 Å². The number of halogens is 2. The first-order valence-electron chi connectivity index (χ1n) is 10.6. The van der Waals surface area contributed by atoms with Crippen LogP contribution in [-0.2, 0) is 6.61 Å². The lowest BCUT2D eigenvalue weighted by Crippen LogP contribution is -2.23. The van der Waals surface area contributed by atoms with Gasteiger partial charge in [-0.1, -0.05) is 29.8 Å². The molecule has 8 nitrogen and oxygen atoms in total. The number of ether oxygens (including phenoxy) is 1. The van der Waals surface area contributed by atoms with Crippen molar-refractivity contribution in [1.82, 2.24) is 9.66 Å². The van der Waals surface area contributed by atoms with Crippen molar-refractivity contribution in [2.75, 3.05) is 0 Å². The lowest BCUT2D eigenvalue weighted by molar-refractivity contribution is -0.384. The van der Waals surface area contributed by atoms with E-state index in [9.17, 15) is 14.9 Å². The maximum atomic E-state index is 13.2. The lowest BCUT2D eigenvalue weighted by atomic mass is 10.2. The predicted molar refractivity (Wildman–Crippen MR) is 147 cm³/mol. The van der Waals surface area contributed by atoms with Crippen LogP contribution in [0, 0.1) is 13.7 Å². The number of benzene rings is 3. The van der Waals surface area contributed by atoms with Crippen LogP contribution in [0.2, 0.25) is 0 Å². The summed E-state index contributed by atoms with van der Waals surface area (Å²) in [6.07, 6.45) is 1.63. The Kier molecular flexibility index (Phi) is 7.60. The highest BCUT2D eigenvalue weighted by Crippen LogP contribution is 2.24. The van der Waals surface area contributed by atoms with Gasteiger partial charge in [-0.25, -0.2) is 4.98 Å². The molecule has 1 heterocycles. The normalized spacial score (nSPS) is 11.5. The summed E-state index contributed by atoms with van der Waals surface area (Å²) < 4.78 is 8.90. The van der Waals surface area contributed by atoms with E-state index in [1.807, 2.05) is 44.2 Å². The average Bonchev–Trinajstić information content (AvgIpc) is 2.83. The first-order valence-corrected chi connectivity index (χ1v) is 12.5. The molecule has 0 saturated carbocycles. The van der Waals surface area contributed by atoms with Gasteiger partial charge >= 0.3 is 0 Å². The topological polar surface area (TPSA) is 99.6 Å². The van der Waals surface area contributed by atoms with Crippen LogP contribution in [0.15, 0.2) is 75.0 Å². The van der Waals surface area contributed by atoms with Gasteiger partial charge in [0.25, 0.3) is 11.2 Å². The van der Waals surface area contributed by atoms with Gasteiger partial charge in [0.15, 0.2) is 0 Å². The van der Waals surface area contributed by atoms with Gasteiger partial charge in [-0.2, -0.15) is 9.78 Å². The molecule has 0 unspecified atom stereocenters. The molecule has 0 spiro atoms. The third-order valence-corrected chi connectivity index (χ3v) is 6.51. The van der Waals surface area contributed by atoms with E-state index in [1.54, 1.807) is 24.4 Å². The number of rotatable bonds is 7. The van der Waals surface area contributed by atoms with Crippen LogP contribution in [0.4, 0.5) is 5.69 Å². The van der Waals surface area contributed by atoms with Gasteiger partial charge in [0.2, 0.25) is 0 Å². The van der Waals surface area contributed by atoms with Crippen LogP contribution in [-0.4, -0.2) is 20.8 Å². The van der Waals surface area contributed by atoms with Crippen molar-refractivity contribution in [2.24, 2.45) is 5.10 Å². The molecule has 0 aliphatic heterocycles. The number of nitro groups is 1. The zero-order valence-electron chi connectivity index (χ0n) is 18.8. The second-order valence-electron chi connectivity index (χ2n) is 8.05. The summed E-state index contributed by atoms with van der Waals surface area (Å²) in [5, 5.41) is 15.7. The Morgan fingerprint density at radius 1 is 1.17 bits per heavy atom. The Labute approximate surface area is 223 Å². The molecule has 0 fully saturated rings. The number of fused-ring (bicyclic) bond motifs is 1. The van der Waals surface area contributed by atoms with E-state index in [2.05, 4.69) is 48.6 Å². The molecule has 178 valence electrons. The molecule has 0 atom stereocenters. The third kappa shape index (κ3) is 5.76. The largest absolute Gasteiger partial charge is 0.488 e. The lowest BCUT2D eigenvalue weighted by Gasteiger charge is -2.12. The Morgan fingerprint density at radius 2 is 1.91 bits per heavy atom. The van der Waals surface area contributed by atoms with E-state index in [1.165, 1.54) is 16.8 Å². The van der Waals surface area contributed by atoms with Crippen molar-refractivity contribution >= 4 is 61.3 Å². The molecule has 0 aliphatic carbocycles. The van der Waals surface area contributed by atoms with Crippen molar-refractivity contribution in [3.63, 3.8) is 0 Å². The smallest absolute Gasteiger partial charge is 0.282 e. The summed E-state index contributed by atoms with van der Waals surface area (Å²) in [5.41, 5.74) is 2.08. The second kappa shape index (κ2) is 10.6. The maximum Gasteiger partial charge on any atom is 0.282 e. The molecule has 0 N–H and O–H groups in total. The summed E-state index contributed by atoms with van der Waals surface area (Å²) in [6.45, 7) is 4.23. The van der Waals surface area contributed by atoms with Crippen LogP contribution < -0.4 is 10.3 Å². The molecule has 0 aliphatic rings. The van der Waals surface area contributed by atoms with Gasteiger partial charge < -0.3 is 4.74 Å². The molecule has 4 aromatic rings. The van der Waals surface area contributed by atoms with E-state index >= 15 is 0 Å². The molecular formula is C25H20BrIN4O4. The van der Waals surface area contributed by atoms with Crippen LogP contribution in [0.3, 0.4) is 0 Å². The number of aromatic nitrogens is 2. The monoisotopic (exact) mass is 646 g/mol. The minimum atomic E-state index is -0.432. The molecule has 0 bridgehead atoms. The zero-order valence-corrected chi connectivity index (χ0v) is 22.6. The third-order valence-electron chi connectivity index (χ3n) is 5.17. The standard InChI is InChI=1S/C25H20BrIN4O4/c1-15(2)24-29-22-9-6-18(26)12-20(22)25(32)30(24)28-13-17-5-10-23(21(27)11-17)35-14-16-3-7-19(8-4-16)31(33)34/h3-13,15H,14H2,1-2H3. The van der Waals surface area contributed by atoms with Crippen molar-refractivity contribution in [3.05, 3.63) is 106 Å². The van der Waals surface area contributed by atoms with Gasteiger partial charge in [-0.15, -0.1) is 0 Å². The van der Waals surface area contributed by atoms with Gasteiger partial charge in [0.1, 0.15) is 18.2 Å². The molecular weight excluding hydrogens is 627 g/mol. The molecule has 0 amide bonds. The number of nitrogens with zero attached hydrogens (tertiary/aromatic N) is 4. The Bertz CT molecular complexity index is 1500. The van der Waals surface area contributed by atoms with Gasteiger partial charge in [-0.3, -0.25) is 14.9 Å². The maximum absolute atomic E-state index is 13.2. The highest BCUT2D eigenvalue weighted by atomic mass is 127. The summed E-state index contributed by atoms with van der Waals surface area (Å²) in [4.78, 5) is 28.2. The van der Waals surface area contributed by atoms with Crippen molar-refractivity contribution in [1.29, 1.82) is 0 Å². The highest BCUT2D eigenvalue weighted by Gasteiger charge is 2.14. The van der Waals surface area contributed by atoms with Crippen molar-refractivity contribution in [3.8, 4) is 5.75 Å². The minimum Gasteiger partial charge on any atom is -0.488 e. The summed E-state index contributed by atoms with van der Waals surface area (Å²) in [6, 6.07) is 17.3. The Morgan fingerprint density at radius 3 is 2.57 bits per heavy atom. The Hall–Kier alpha value is -3.12. The first-order chi connectivity index (χ1) is 16.7. The number of hydrogen-bond donors (Lipinski definition) is 0.